The molecule has 1 rings (SSSR count). The van der Waals surface area contributed by atoms with Gasteiger partial charge >= 0.3 is 0 Å². The second-order valence-electron chi connectivity index (χ2n) is 4.58. The quantitative estimate of drug-likeness (QED) is 0.545. The van der Waals surface area contributed by atoms with Crippen molar-refractivity contribution in [2.45, 2.75) is 33.1 Å². The van der Waals surface area contributed by atoms with Crippen molar-refractivity contribution < 1.29 is 52.3 Å². The van der Waals surface area contributed by atoms with E-state index in [9.17, 15) is 10.2 Å². The van der Waals surface area contributed by atoms with E-state index < -0.39 is 0 Å². The summed E-state index contributed by atoms with van der Waals surface area (Å²) in [6.07, 6.45) is 0. The molecule has 0 radical (unpaired) electrons. The van der Waals surface area contributed by atoms with Crippen LogP contribution in [0.5, 0.6) is 11.5 Å². The molecule has 0 amide bonds. The Bertz CT molecular complexity index is 336. The van der Waals surface area contributed by atoms with Crippen LogP contribution < -0.4 is 0 Å². The maximum Gasteiger partial charge on any atom is 0.119 e. The van der Waals surface area contributed by atoms with Crippen LogP contribution in [-0.2, 0) is 47.5 Å². The third-order valence-electron chi connectivity index (χ3n) is 3.12. The van der Waals surface area contributed by atoms with Gasteiger partial charge in [-0.05, 0) is 29.5 Å². The average molecular weight is 562 g/mol. The fourth-order valence-electron chi connectivity index (χ4n) is 1.35. The molecule has 0 saturated carbocycles. The molecule has 0 unspecified atom stereocenters. The van der Waals surface area contributed by atoms with Crippen molar-refractivity contribution in [3.63, 3.8) is 0 Å². The molecule has 1 aromatic carbocycles. The van der Waals surface area contributed by atoms with Crippen molar-refractivity contribution in [2.75, 3.05) is 0 Å². The summed E-state index contributed by atoms with van der Waals surface area (Å²) in [6, 6.07) is 4.67. The molecule has 90 valence electrons. The molecule has 16 heavy (non-hydrogen) atoms. The van der Waals surface area contributed by atoms with Gasteiger partial charge in [-0.1, -0.05) is 27.7 Å². The van der Waals surface area contributed by atoms with E-state index in [0.29, 0.717) is 5.92 Å². The molecule has 0 fully saturated rings. The molecule has 2 nitrogen and oxygen atoms in total. The standard InChI is InChI=1S/C12H18O2.2W/c1-8(2)12(3,4)10-7-9(13)5-6-11(10)14;;/h5-8,13-14H,1-4H3;;. The number of aromatic hydroxyl groups is 2. The van der Waals surface area contributed by atoms with Crippen molar-refractivity contribution in [1.29, 1.82) is 0 Å². The minimum absolute atomic E-state index is 0. The third kappa shape index (κ3) is 3.89. The van der Waals surface area contributed by atoms with Crippen LogP contribution >= 0.6 is 0 Å². The molecule has 2 N–H and O–H groups in total. The Morgan fingerprint density at radius 3 is 2.00 bits per heavy atom. The van der Waals surface area contributed by atoms with Crippen molar-refractivity contribution in [2.24, 2.45) is 5.92 Å². The van der Waals surface area contributed by atoms with E-state index in [2.05, 4.69) is 27.7 Å². The van der Waals surface area contributed by atoms with Gasteiger partial charge in [0, 0.05) is 47.7 Å². The second kappa shape index (κ2) is 6.82. The first-order chi connectivity index (χ1) is 6.35. The smallest absolute Gasteiger partial charge is 0.119 e. The molecule has 0 aromatic heterocycles. The van der Waals surface area contributed by atoms with E-state index in [1.165, 1.54) is 12.1 Å². The van der Waals surface area contributed by atoms with E-state index in [-0.39, 0.29) is 59.0 Å². The third-order valence-corrected chi connectivity index (χ3v) is 3.12. The van der Waals surface area contributed by atoms with Crippen LogP contribution in [0.2, 0.25) is 0 Å². The van der Waals surface area contributed by atoms with Crippen LogP contribution in [0, 0.1) is 5.92 Å². The van der Waals surface area contributed by atoms with Gasteiger partial charge in [0.25, 0.3) is 0 Å². The van der Waals surface area contributed by atoms with E-state index in [1.807, 2.05) is 0 Å². The zero-order valence-electron chi connectivity index (χ0n) is 10.0. The normalized spacial score (nSPS) is 10.6. The minimum Gasteiger partial charge on any atom is -0.508 e. The van der Waals surface area contributed by atoms with Crippen LogP contribution in [-0.4, -0.2) is 10.2 Å². The van der Waals surface area contributed by atoms with Gasteiger partial charge in [-0.3, -0.25) is 0 Å². The molecule has 1 aromatic rings. The van der Waals surface area contributed by atoms with Gasteiger partial charge < -0.3 is 10.2 Å². The summed E-state index contributed by atoms with van der Waals surface area (Å²) in [7, 11) is 0. The van der Waals surface area contributed by atoms with Crippen molar-refractivity contribution in [3.05, 3.63) is 23.8 Å². The second-order valence-corrected chi connectivity index (χ2v) is 4.58. The Kier molecular flexibility index (Phi) is 7.91. The molecule has 0 bridgehead atoms. The molecule has 0 aliphatic carbocycles. The summed E-state index contributed by atoms with van der Waals surface area (Å²) in [5.41, 5.74) is 0.663. The zero-order chi connectivity index (χ0) is 10.9. The van der Waals surface area contributed by atoms with Crippen molar-refractivity contribution in [3.8, 4) is 11.5 Å². The molecular formula is C12H18O2W2. The molecule has 0 aliphatic heterocycles. The van der Waals surface area contributed by atoms with E-state index in [0.717, 1.165) is 5.56 Å². The van der Waals surface area contributed by atoms with Crippen molar-refractivity contribution in [1.82, 2.24) is 0 Å². The van der Waals surface area contributed by atoms with Gasteiger partial charge in [0.15, 0.2) is 0 Å². The summed E-state index contributed by atoms with van der Waals surface area (Å²) in [6.45, 7) is 8.32. The summed E-state index contributed by atoms with van der Waals surface area (Å²) >= 11 is 0. The number of rotatable bonds is 2. The van der Waals surface area contributed by atoms with Gasteiger partial charge in [-0.2, -0.15) is 0 Å². The van der Waals surface area contributed by atoms with Gasteiger partial charge in [-0.25, -0.2) is 0 Å². The first kappa shape index (κ1) is 18.6. The molecule has 0 atom stereocenters. The maximum absolute atomic E-state index is 9.71. The summed E-state index contributed by atoms with van der Waals surface area (Å²) in [5.74, 6) is 0.850. The number of benzene rings is 1. The zero-order valence-corrected chi connectivity index (χ0v) is 15.9. The summed E-state index contributed by atoms with van der Waals surface area (Å²) in [4.78, 5) is 0. The molecular weight excluding hydrogens is 544 g/mol. The predicted octanol–water partition coefficient (Wildman–Crippen LogP) is 3.03. The first-order valence-electron chi connectivity index (χ1n) is 4.88. The Balaban J connectivity index is 0. The number of phenols is 2. The van der Waals surface area contributed by atoms with Gasteiger partial charge in [0.1, 0.15) is 11.5 Å². The van der Waals surface area contributed by atoms with Crippen LogP contribution in [0.25, 0.3) is 0 Å². The first-order valence-corrected chi connectivity index (χ1v) is 4.88. The van der Waals surface area contributed by atoms with E-state index in [4.69, 9.17) is 0 Å². The van der Waals surface area contributed by atoms with Gasteiger partial charge in [-0.15, -0.1) is 0 Å². The van der Waals surface area contributed by atoms with Crippen LogP contribution in [0.3, 0.4) is 0 Å². The van der Waals surface area contributed by atoms with Crippen LogP contribution in [0.1, 0.15) is 33.3 Å². The maximum atomic E-state index is 9.71. The summed E-state index contributed by atoms with van der Waals surface area (Å²) in [5, 5.41) is 19.1. The number of hydrogen-bond acceptors (Lipinski definition) is 2. The molecule has 0 spiro atoms. The SMILES string of the molecule is CC(C)C(C)(C)c1cc(O)ccc1O.[W].[W]. The fraction of sp³-hybridized carbons (Fsp3) is 0.500. The molecule has 4 heteroatoms. The molecule has 0 saturated heterocycles. The minimum atomic E-state index is -0.136. The van der Waals surface area contributed by atoms with Crippen molar-refractivity contribution >= 4 is 0 Å². The molecule has 0 heterocycles. The van der Waals surface area contributed by atoms with Gasteiger partial charge in [0.2, 0.25) is 0 Å². The topological polar surface area (TPSA) is 40.5 Å². The van der Waals surface area contributed by atoms with Crippen LogP contribution in [0.15, 0.2) is 18.2 Å². The fourth-order valence-corrected chi connectivity index (χ4v) is 1.35. The number of phenolic OH excluding ortho intramolecular Hbond substituents is 2. The Morgan fingerprint density at radius 2 is 1.56 bits per heavy atom. The summed E-state index contributed by atoms with van der Waals surface area (Å²) < 4.78 is 0. The average Bonchev–Trinajstić information content (AvgIpc) is 2.08. The predicted molar refractivity (Wildman–Crippen MR) is 57.6 cm³/mol. The molecule has 0 aliphatic rings. The Labute approximate surface area is 126 Å². The van der Waals surface area contributed by atoms with E-state index in [1.54, 1.807) is 6.07 Å². The number of hydrogen-bond donors (Lipinski definition) is 2. The Hall–Kier alpha value is 0.197. The van der Waals surface area contributed by atoms with Gasteiger partial charge in [0.05, 0.1) is 0 Å². The Morgan fingerprint density at radius 1 is 1.06 bits per heavy atom. The largest absolute Gasteiger partial charge is 0.508 e. The monoisotopic (exact) mass is 562 g/mol. The van der Waals surface area contributed by atoms with E-state index >= 15 is 0 Å². The van der Waals surface area contributed by atoms with Crippen LogP contribution in [0.4, 0.5) is 0 Å².